The van der Waals surface area contributed by atoms with E-state index in [1.807, 2.05) is 6.92 Å². The summed E-state index contributed by atoms with van der Waals surface area (Å²) < 4.78 is 8.02. The fourth-order valence-corrected chi connectivity index (χ4v) is 4.93. The van der Waals surface area contributed by atoms with Gasteiger partial charge >= 0.3 is 0 Å². The molecule has 2 aliphatic rings. The number of aryl methyl sites for hydroxylation is 1. The lowest BCUT2D eigenvalue weighted by atomic mass is 9.73. The highest BCUT2D eigenvalue weighted by Crippen LogP contribution is 2.44. The van der Waals surface area contributed by atoms with E-state index < -0.39 is 11.5 Å². The molecule has 1 atom stereocenters. The van der Waals surface area contributed by atoms with E-state index in [-0.39, 0.29) is 11.6 Å². The minimum Gasteiger partial charge on any atom is -0.383 e. The minimum atomic E-state index is -0.453. The molecule has 0 bridgehead atoms. The molecule has 9 heteroatoms. The second-order valence-corrected chi connectivity index (χ2v) is 9.07. The van der Waals surface area contributed by atoms with Gasteiger partial charge in [0.25, 0.3) is 11.5 Å². The second-order valence-electron chi connectivity index (χ2n) is 9.07. The summed E-state index contributed by atoms with van der Waals surface area (Å²) in [5, 5.41) is 11.7. The molecule has 0 aromatic carbocycles. The number of anilines is 1. The van der Waals surface area contributed by atoms with Gasteiger partial charge in [-0.1, -0.05) is 19.3 Å². The standard InChI is InChI=1S/C22H32N6O3/c1-16(14-31-3)24-20(29)18-11-19(25-28(21(18)30)17-12-23-26(2)13-17)27-10-9-22(15-27)7-5-4-6-8-22/h11-13,16H,4-10,14-15H2,1-3H3,(H,24,29)/t16-/m0/s1. The number of nitrogens with zero attached hydrogens (tertiary/aromatic N) is 5. The van der Waals surface area contributed by atoms with E-state index in [4.69, 9.17) is 4.74 Å². The number of hydrogen-bond donors (Lipinski definition) is 1. The number of carbonyl (C=O) groups is 1. The summed E-state index contributed by atoms with van der Waals surface area (Å²) in [6.07, 6.45) is 10.8. The molecule has 31 heavy (non-hydrogen) atoms. The molecule has 1 aliphatic carbocycles. The lowest BCUT2D eigenvalue weighted by Crippen LogP contribution is -2.40. The van der Waals surface area contributed by atoms with Crippen molar-refractivity contribution >= 4 is 11.7 Å². The molecule has 1 aliphatic heterocycles. The molecule has 2 fully saturated rings. The number of methoxy groups -OCH3 is 1. The quantitative estimate of drug-likeness (QED) is 0.755. The molecule has 4 rings (SSSR count). The molecule has 1 saturated carbocycles. The largest absolute Gasteiger partial charge is 0.383 e. The first-order chi connectivity index (χ1) is 14.9. The number of ether oxygens (including phenoxy) is 1. The Kier molecular flexibility index (Phi) is 6.13. The summed E-state index contributed by atoms with van der Waals surface area (Å²) in [6, 6.07) is 1.43. The van der Waals surface area contributed by atoms with Crippen LogP contribution in [0.2, 0.25) is 0 Å². The summed E-state index contributed by atoms with van der Waals surface area (Å²) >= 11 is 0. The molecule has 1 saturated heterocycles. The van der Waals surface area contributed by atoms with Crippen molar-refractivity contribution in [2.75, 3.05) is 31.7 Å². The number of nitrogens with one attached hydrogen (secondary N) is 1. The maximum atomic E-state index is 13.2. The highest BCUT2D eigenvalue weighted by atomic mass is 16.5. The molecule has 2 aromatic rings. The summed E-state index contributed by atoms with van der Waals surface area (Å²) in [7, 11) is 3.36. The van der Waals surface area contributed by atoms with Crippen molar-refractivity contribution in [2.24, 2.45) is 12.5 Å². The Morgan fingerprint density at radius 2 is 2.06 bits per heavy atom. The van der Waals surface area contributed by atoms with Crippen molar-refractivity contribution in [3.8, 4) is 5.69 Å². The first-order valence-electron chi connectivity index (χ1n) is 11.1. The van der Waals surface area contributed by atoms with Crippen molar-refractivity contribution in [3.05, 3.63) is 34.4 Å². The molecule has 9 nitrogen and oxygen atoms in total. The van der Waals surface area contributed by atoms with Crippen LogP contribution in [0.3, 0.4) is 0 Å². The molecule has 0 unspecified atom stereocenters. The Balaban J connectivity index is 1.70. The predicted molar refractivity (Wildman–Crippen MR) is 118 cm³/mol. The Hall–Kier alpha value is -2.68. The van der Waals surface area contributed by atoms with E-state index in [1.54, 1.807) is 37.3 Å². The topological polar surface area (TPSA) is 94.3 Å². The molecular weight excluding hydrogens is 396 g/mol. The molecule has 1 N–H and O–H groups in total. The number of carbonyl (C=O) groups excluding carboxylic acids is 1. The van der Waals surface area contributed by atoms with Crippen LogP contribution >= 0.6 is 0 Å². The zero-order chi connectivity index (χ0) is 22.0. The number of amides is 1. The number of aromatic nitrogens is 4. The van der Waals surface area contributed by atoms with Gasteiger partial charge in [-0.2, -0.15) is 9.78 Å². The van der Waals surface area contributed by atoms with Crippen molar-refractivity contribution in [1.82, 2.24) is 24.9 Å². The van der Waals surface area contributed by atoms with Crippen LogP contribution in [0.4, 0.5) is 5.82 Å². The van der Waals surface area contributed by atoms with Gasteiger partial charge in [0.2, 0.25) is 0 Å². The predicted octanol–water partition coefficient (Wildman–Crippen LogP) is 1.89. The monoisotopic (exact) mass is 428 g/mol. The van der Waals surface area contributed by atoms with E-state index in [2.05, 4.69) is 20.4 Å². The third-order valence-corrected chi connectivity index (χ3v) is 6.55. The average molecular weight is 429 g/mol. The number of rotatable bonds is 6. The van der Waals surface area contributed by atoms with Crippen LogP contribution in [0.5, 0.6) is 0 Å². The van der Waals surface area contributed by atoms with Gasteiger partial charge < -0.3 is 15.0 Å². The first kappa shape index (κ1) is 21.5. The van der Waals surface area contributed by atoms with Gasteiger partial charge in [0.15, 0.2) is 5.82 Å². The van der Waals surface area contributed by atoms with Crippen LogP contribution in [-0.4, -0.2) is 58.3 Å². The summed E-state index contributed by atoms with van der Waals surface area (Å²) in [6.45, 7) is 4.03. The van der Waals surface area contributed by atoms with Crippen LogP contribution in [0.25, 0.3) is 5.69 Å². The van der Waals surface area contributed by atoms with Crippen molar-refractivity contribution < 1.29 is 9.53 Å². The van der Waals surface area contributed by atoms with E-state index >= 15 is 0 Å². The summed E-state index contributed by atoms with van der Waals surface area (Å²) in [4.78, 5) is 28.4. The second kappa shape index (κ2) is 8.82. The van der Waals surface area contributed by atoms with Gasteiger partial charge in [-0.3, -0.25) is 14.3 Å². The maximum absolute atomic E-state index is 13.2. The van der Waals surface area contributed by atoms with E-state index in [9.17, 15) is 9.59 Å². The van der Waals surface area contributed by atoms with Gasteiger partial charge in [-0.15, -0.1) is 5.10 Å². The van der Waals surface area contributed by atoms with Crippen molar-refractivity contribution in [2.45, 2.75) is 51.5 Å². The fourth-order valence-electron chi connectivity index (χ4n) is 4.93. The van der Waals surface area contributed by atoms with Crippen LogP contribution in [0.1, 0.15) is 55.8 Å². The Morgan fingerprint density at radius 1 is 1.29 bits per heavy atom. The smallest absolute Gasteiger partial charge is 0.284 e. The van der Waals surface area contributed by atoms with Crippen LogP contribution in [0.15, 0.2) is 23.3 Å². The Bertz CT molecular complexity index is 991. The van der Waals surface area contributed by atoms with Gasteiger partial charge in [0.1, 0.15) is 11.3 Å². The third-order valence-electron chi connectivity index (χ3n) is 6.55. The Labute approximate surface area is 182 Å². The maximum Gasteiger partial charge on any atom is 0.284 e. The normalized spacial score (nSPS) is 19.0. The van der Waals surface area contributed by atoms with E-state index in [0.29, 0.717) is 23.5 Å². The third kappa shape index (κ3) is 4.51. The number of hydrogen-bond acceptors (Lipinski definition) is 6. The van der Waals surface area contributed by atoms with Crippen molar-refractivity contribution in [3.63, 3.8) is 0 Å². The van der Waals surface area contributed by atoms with Crippen LogP contribution in [-0.2, 0) is 11.8 Å². The SMILES string of the molecule is COC[C@H](C)NC(=O)c1cc(N2CCC3(CCCCC3)C2)nn(-c2cnn(C)c2)c1=O. The molecule has 0 radical (unpaired) electrons. The zero-order valence-electron chi connectivity index (χ0n) is 18.6. The molecule has 1 spiro atoms. The average Bonchev–Trinajstić information content (AvgIpc) is 3.35. The lowest BCUT2D eigenvalue weighted by Gasteiger charge is -2.33. The van der Waals surface area contributed by atoms with Crippen LogP contribution in [0, 0.1) is 5.41 Å². The lowest BCUT2D eigenvalue weighted by molar-refractivity contribution is 0.0903. The molecule has 3 heterocycles. The van der Waals surface area contributed by atoms with Gasteiger partial charge in [0.05, 0.1) is 19.0 Å². The van der Waals surface area contributed by atoms with Crippen LogP contribution < -0.4 is 15.8 Å². The van der Waals surface area contributed by atoms with Crippen molar-refractivity contribution in [1.29, 1.82) is 0 Å². The zero-order valence-corrected chi connectivity index (χ0v) is 18.6. The summed E-state index contributed by atoms with van der Waals surface area (Å²) in [5.41, 5.74) is 0.511. The molecular formula is C22H32N6O3. The fraction of sp³-hybridized carbons (Fsp3) is 0.636. The highest BCUT2D eigenvalue weighted by molar-refractivity contribution is 5.94. The molecule has 2 aromatic heterocycles. The van der Waals surface area contributed by atoms with Gasteiger partial charge in [0, 0.05) is 39.4 Å². The van der Waals surface area contributed by atoms with E-state index in [0.717, 1.165) is 19.5 Å². The Morgan fingerprint density at radius 3 is 2.74 bits per heavy atom. The minimum absolute atomic E-state index is 0.0846. The van der Waals surface area contributed by atoms with Gasteiger partial charge in [-0.05, 0) is 31.6 Å². The highest BCUT2D eigenvalue weighted by Gasteiger charge is 2.39. The van der Waals surface area contributed by atoms with E-state index in [1.165, 1.54) is 36.8 Å². The molecule has 1 amide bonds. The summed E-state index contributed by atoms with van der Waals surface area (Å²) in [5.74, 6) is 0.248. The van der Waals surface area contributed by atoms with Gasteiger partial charge in [-0.25, -0.2) is 0 Å². The molecule has 168 valence electrons. The first-order valence-corrected chi connectivity index (χ1v) is 11.1.